The van der Waals surface area contributed by atoms with E-state index in [1.54, 1.807) is 7.11 Å². The molecule has 1 fully saturated rings. The first-order chi connectivity index (χ1) is 6.66. The van der Waals surface area contributed by atoms with E-state index in [1.165, 1.54) is 19.3 Å². The van der Waals surface area contributed by atoms with E-state index in [4.69, 9.17) is 4.74 Å². The smallest absolute Gasteiger partial charge is 0.0774 e. The van der Waals surface area contributed by atoms with Crippen molar-refractivity contribution in [3.8, 4) is 0 Å². The van der Waals surface area contributed by atoms with Crippen LogP contribution in [0.4, 0.5) is 0 Å². The Morgan fingerprint density at radius 2 is 1.93 bits per heavy atom. The highest BCUT2D eigenvalue weighted by molar-refractivity contribution is 4.84. The third kappa shape index (κ3) is 3.95. The zero-order valence-corrected chi connectivity index (χ0v) is 9.46. The highest BCUT2D eigenvalue weighted by Crippen LogP contribution is 2.28. The number of ether oxygens (including phenoxy) is 1. The number of aliphatic hydroxyl groups is 1. The molecule has 14 heavy (non-hydrogen) atoms. The molecule has 3 nitrogen and oxygen atoms in total. The quantitative estimate of drug-likeness (QED) is 0.727. The van der Waals surface area contributed by atoms with Gasteiger partial charge in [0.1, 0.15) is 0 Å². The Morgan fingerprint density at radius 3 is 2.50 bits per heavy atom. The van der Waals surface area contributed by atoms with Crippen molar-refractivity contribution in [1.82, 2.24) is 4.90 Å². The SMILES string of the molecule is COCCN(C)CC1(O)CCCCC1. The van der Waals surface area contributed by atoms with Crippen LogP contribution in [0, 0.1) is 0 Å². The molecule has 84 valence electrons. The Balaban J connectivity index is 2.25. The first-order valence-electron chi connectivity index (χ1n) is 5.56. The zero-order chi connectivity index (χ0) is 10.4. The highest BCUT2D eigenvalue weighted by atomic mass is 16.5. The van der Waals surface area contributed by atoms with Gasteiger partial charge in [-0.05, 0) is 19.9 Å². The van der Waals surface area contributed by atoms with Gasteiger partial charge in [-0.25, -0.2) is 0 Å². The molecular formula is C11H23NO2. The van der Waals surface area contributed by atoms with Gasteiger partial charge in [0, 0.05) is 20.2 Å². The lowest BCUT2D eigenvalue weighted by Crippen LogP contribution is -2.43. The number of likely N-dealkylation sites (N-methyl/N-ethyl adjacent to an activating group) is 1. The maximum atomic E-state index is 10.3. The number of nitrogens with zero attached hydrogens (tertiary/aromatic N) is 1. The van der Waals surface area contributed by atoms with Gasteiger partial charge in [-0.3, -0.25) is 0 Å². The maximum Gasteiger partial charge on any atom is 0.0774 e. The van der Waals surface area contributed by atoms with E-state index in [-0.39, 0.29) is 0 Å². The monoisotopic (exact) mass is 201 g/mol. The van der Waals surface area contributed by atoms with Crippen LogP contribution in [0.15, 0.2) is 0 Å². The molecule has 0 aromatic rings. The van der Waals surface area contributed by atoms with Gasteiger partial charge < -0.3 is 14.7 Å². The first kappa shape index (κ1) is 12.0. The van der Waals surface area contributed by atoms with Crippen molar-refractivity contribution < 1.29 is 9.84 Å². The molecule has 1 rings (SSSR count). The molecule has 0 heterocycles. The fourth-order valence-corrected chi connectivity index (χ4v) is 2.20. The summed E-state index contributed by atoms with van der Waals surface area (Å²) in [6.45, 7) is 2.43. The normalized spacial score (nSPS) is 21.4. The summed E-state index contributed by atoms with van der Waals surface area (Å²) in [5, 5.41) is 10.3. The molecule has 3 heteroatoms. The van der Waals surface area contributed by atoms with Gasteiger partial charge in [-0.15, -0.1) is 0 Å². The summed E-state index contributed by atoms with van der Waals surface area (Å²) in [6.07, 6.45) is 5.56. The molecule has 0 radical (unpaired) electrons. The molecule has 1 aliphatic rings. The van der Waals surface area contributed by atoms with Gasteiger partial charge in [0.05, 0.1) is 12.2 Å². The second-order valence-electron chi connectivity index (χ2n) is 4.52. The lowest BCUT2D eigenvalue weighted by atomic mass is 9.84. The van der Waals surface area contributed by atoms with Crippen LogP contribution in [0.1, 0.15) is 32.1 Å². The van der Waals surface area contributed by atoms with Crippen molar-refractivity contribution in [1.29, 1.82) is 0 Å². The van der Waals surface area contributed by atoms with E-state index >= 15 is 0 Å². The first-order valence-corrected chi connectivity index (χ1v) is 5.56. The summed E-state index contributed by atoms with van der Waals surface area (Å²) in [5.41, 5.74) is -0.430. The minimum absolute atomic E-state index is 0.430. The average Bonchev–Trinajstić information content (AvgIpc) is 2.15. The third-order valence-electron chi connectivity index (χ3n) is 3.03. The van der Waals surface area contributed by atoms with E-state index < -0.39 is 5.60 Å². The molecule has 1 aliphatic carbocycles. The summed E-state index contributed by atoms with van der Waals surface area (Å²) < 4.78 is 5.01. The minimum Gasteiger partial charge on any atom is -0.389 e. The Kier molecular flexibility index (Phi) is 4.85. The van der Waals surface area contributed by atoms with Crippen molar-refractivity contribution in [2.45, 2.75) is 37.7 Å². The molecular weight excluding hydrogens is 178 g/mol. The Morgan fingerprint density at radius 1 is 1.29 bits per heavy atom. The minimum atomic E-state index is -0.430. The van der Waals surface area contributed by atoms with Crippen LogP contribution in [0.25, 0.3) is 0 Å². The van der Waals surface area contributed by atoms with Crippen LogP contribution in [-0.4, -0.2) is 49.5 Å². The predicted octanol–water partition coefficient (Wildman–Crippen LogP) is 1.26. The summed E-state index contributed by atoms with van der Waals surface area (Å²) in [7, 11) is 3.76. The third-order valence-corrected chi connectivity index (χ3v) is 3.03. The van der Waals surface area contributed by atoms with Crippen LogP contribution in [0.5, 0.6) is 0 Å². The number of methoxy groups -OCH3 is 1. The molecule has 1 saturated carbocycles. The van der Waals surface area contributed by atoms with Crippen molar-refractivity contribution in [3.05, 3.63) is 0 Å². The molecule has 0 amide bonds. The van der Waals surface area contributed by atoms with Crippen LogP contribution in [0.3, 0.4) is 0 Å². The van der Waals surface area contributed by atoms with Crippen LogP contribution >= 0.6 is 0 Å². The summed E-state index contributed by atoms with van der Waals surface area (Å²) in [6, 6.07) is 0. The molecule has 0 aliphatic heterocycles. The van der Waals surface area contributed by atoms with Gasteiger partial charge in [0.15, 0.2) is 0 Å². The fourth-order valence-electron chi connectivity index (χ4n) is 2.20. The van der Waals surface area contributed by atoms with E-state index in [1.807, 2.05) is 7.05 Å². The second kappa shape index (κ2) is 5.69. The van der Waals surface area contributed by atoms with Crippen LogP contribution < -0.4 is 0 Å². The van der Waals surface area contributed by atoms with Crippen molar-refractivity contribution in [2.24, 2.45) is 0 Å². The van der Waals surface area contributed by atoms with Crippen LogP contribution in [-0.2, 0) is 4.74 Å². The fraction of sp³-hybridized carbons (Fsp3) is 1.00. The molecule has 0 bridgehead atoms. The van der Waals surface area contributed by atoms with Crippen LogP contribution in [0.2, 0.25) is 0 Å². The van der Waals surface area contributed by atoms with Crippen molar-refractivity contribution >= 4 is 0 Å². The molecule has 0 unspecified atom stereocenters. The standard InChI is InChI=1S/C11H23NO2/c1-12(8-9-14-2)10-11(13)6-4-3-5-7-11/h13H,3-10H2,1-2H3. The molecule has 0 aromatic heterocycles. The maximum absolute atomic E-state index is 10.3. The van der Waals surface area contributed by atoms with Crippen molar-refractivity contribution in [2.75, 3.05) is 33.9 Å². The van der Waals surface area contributed by atoms with Gasteiger partial charge in [-0.1, -0.05) is 19.3 Å². The average molecular weight is 201 g/mol. The van der Waals surface area contributed by atoms with E-state index in [0.29, 0.717) is 0 Å². The lowest BCUT2D eigenvalue weighted by Gasteiger charge is -2.35. The molecule has 1 N–H and O–H groups in total. The molecule has 0 aromatic carbocycles. The molecule has 0 atom stereocenters. The Labute approximate surface area is 87.1 Å². The Bertz CT molecular complexity index is 155. The van der Waals surface area contributed by atoms with Gasteiger partial charge in [0.25, 0.3) is 0 Å². The molecule has 0 saturated heterocycles. The number of hydrogen-bond acceptors (Lipinski definition) is 3. The lowest BCUT2D eigenvalue weighted by molar-refractivity contribution is -0.0240. The van der Waals surface area contributed by atoms with Crippen molar-refractivity contribution in [3.63, 3.8) is 0 Å². The summed E-state index contributed by atoms with van der Waals surface area (Å²) >= 11 is 0. The molecule has 0 spiro atoms. The van der Waals surface area contributed by atoms with E-state index in [0.717, 1.165) is 32.5 Å². The van der Waals surface area contributed by atoms with Gasteiger partial charge in [0.2, 0.25) is 0 Å². The van der Waals surface area contributed by atoms with Gasteiger partial charge >= 0.3 is 0 Å². The Hall–Kier alpha value is -0.120. The highest BCUT2D eigenvalue weighted by Gasteiger charge is 2.29. The van der Waals surface area contributed by atoms with E-state index in [2.05, 4.69) is 4.90 Å². The predicted molar refractivity (Wildman–Crippen MR) is 57.4 cm³/mol. The van der Waals surface area contributed by atoms with E-state index in [9.17, 15) is 5.11 Å². The topological polar surface area (TPSA) is 32.7 Å². The second-order valence-corrected chi connectivity index (χ2v) is 4.52. The number of rotatable bonds is 5. The summed E-state index contributed by atoms with van der Waals surface area (Å²) in [5.74, 6) is 0. The number of hydrogen-bond donors (Lipinski definition) is 1. The largest absolute Gasteiger partial charge is 0.389 e. The van der Waals surface area contributed by atoms with Gasteiger partial charge in [-0.2, -0.15) is 0 Å². The summed E-state index contributed by atoms with van der Waals surface area (Å²) in [4.78, 5) is 2.16. The zero-order valence-electron chi connectivity index (χ0n) is 9.46.